The molecular weight excluding hydrogens is 150 g/mol. The van der Waals surface area contributed by atoms with Crippen molar-refractivity contribution in [1.29, 1.82) is 0 Å². The highest BCUT2D eigenvalue weighted by Gasteiger charge is 2.26. The molecule has 0 saturated heterocycles. The number of carbonyl (C=O) groups excluding carboxylic acids is 1. The normalized spacial score (nSPS) is 28.0. The number of hydrogen-bond donors (Lipinski definition) is 1. The summed E-state index contributed by atoms with van der Waals surface area (Å²) in [6, 6.07) is 0.332. The Labute approximate surface area is 73.7 Å². The van der Waals surface area contributed by atoms with E-state index in [1.165, 1.54) is 12.8 Å². The molecule has 1 fully saturated rings. The van der Waals surface area contributed by atoms with Gasteiger partial charge < -0.3 is 5.32 Å². The van der Waals surface area contributed by atoms with Crippen LogP contribution in [0.1, 0.15) is 32.6 Å². The molecule has 0 heterocycles. The van der Waals surface area contributed by atoms with Crippen LogP contribution in [0.15, 0.2) is 0 Å². The Hall–Kier alpha value is -0.970. The number of terminal acetylenes is 1. The Balaban J connectivity index is 2.41. The molecule has 1 rings (SSSR count). The van der Waals surface area contributed by atoms with E-state index in [1.54, 1.807) is 0 Å². The molecule has 1 saturated carbocycles. The summed E-state index contributed by atoms with van der Waals surface area (Å²) in [7, 11) is 0. The van der Waals surface area contributed by atoms with Crippen molar-refractivity contribution in [1.82, 2.24) is 5.32 Å². The third kappa shape index (κ3) is 2.01. The Morgan fingerprint density at radius 3 is 3.00 bits per heavy atom. The van der Waals surface area contributed by atoms with Crippen molar-refractivity contribution in [2.75, 3.05) is 0 Å². The van der Waals surface area contributed by atoms with Gasteiger partial charge in [-0.3, -0.25) is 4.79 Å². The van der Waals surface area contributed by atoms with E-state index in [9.17, 15) is 4.79 Å². The minimum Gasteiger partial charge on any atom is -0.342 e. The van der Waals surface area contributed by atoms with Gasteiger partial charge in [0.05, 0.1) is 0 Å². The highest BCUT2D eigenvalue weighted by molar-refractivity contribution is 5.93. The van der Waals surface area contributed by atoms with E-state index in [1.807, 2.05) is 0 Å². The molecule has 2 atom stereocenters. The van der Waals surface area contributed by atoms with Gasteiger partial charge in [0.25, 0.3) is 5.91 Å². The fourth-order valence-corrected chi connectivity index (χ4v) is 1.93. The molecule has 2 unspecified atom stereocenters. The molecule has 0 bridgehead atoms. The first kappa shape index (κ1) is 9.12. The summed E-state index contributed by atoms with van der Waals surface area (Å²) in [4.78, 5) is 10.9. The molecule has 0 aromatic carbocycles. The van der Waals surface area contributed by atoms with Gasteiger partial charge in [0.15, 0.2) is 0 Å². The molecule has 0 spiro atoms. The minimum absolute atomic E-state index is 0.264. The molecule has 1 N–H and O–H groups in total. The van der Waals surface area contributed by atoms with E-state index in [0.29, 0.717) is 12.0 Å². The molecule has 1 aliphatic rings. The van der Waals surface area contributed by atoms with Crippen LogP contribution in [0, 0.1) is 18.3 Å². The second-order valence-corrected chi connectivity index (χ2v) is 3.32. The van der Waals surface area contributed by atoms with E-state index >= 15 is 0 Å². The lowest BCUT2D eigenvalue weighted by atomic mass is 10.0. The first-order chi connectivity index (χ1) is 5.77. The molecule has 0 aromatic rings. The second-order valence-electron chi connectivity index (χ2n) is 3.32. The summed E-state index contributed by atoms with van der Waals surface area (Å²) in [6.07, 6.45) is 9.64. The smallest absolute Gasteiger partial charge is 0.295 e. The number of carbonyl (C=O) groups is 1. The van der Waals surface area contributed by atoms with Crippen molar-refractivity contribution >= 4 is 5.91 Å². The molecule has 66 valence electrons. The predicted octanol–water partition coefficient (Wildman–Crippen LogP) is 1.31. The average Bonchev–Trinajstić information content (AvgIpc) is 2.51. The molecule has 1 amide bonds. The Morgan fingerprint density at radius 1 is 1.67 bits per heavy atom. The molecule has 2 heteroatoms. The minimum atomic E-state index is -0.264. The van der Waals surface area contributed by atoms with Crippen LogP contribution in [0.3, 0.4) is 0 Å². The van der Waals surface area contributed by atoms with Crippen molar-refractivity contribution in [3.63, 3.8) is 0 Å². The third-order valence-electron chi connectivity index (χ3n) is 2.63. The lowest BCUT2D eigenvalue weighted by molar-refractivity contribution is -0.116. The summed E-state index contributed by atoms with van der Waals surface area (Å²) < 4.78 is 0. The fraction of sp³-hybridized carbons (Fsp3) is 0.700. The summed E-state index contributed by atoms with van der Waals surface area (Å²) in [6.45, 7) is 2.16. The summed E-state index contributed by atoms with van der Waals surface area (Å²) in [5.41, 5.74) is 0. The molecule has 0 aliphatic heterocycles. The van der Waals surface area contributed by atoms with Crippen LogP contribution in [-0.2, 0) is 4.79 Å². The third-order valence-corrected chi connectivity index (χ3v) is 2.63. The Bertz CT molecular complexity index is 204. The molecule has 0 radical (unpaired) electrons. The number of hydrogen-bond acceptors (Lipinski definition) is 1. The maximum Gasteiger partial charge on any atom is 0.295 e. The van der Waals surface area contributed by atoms with Crippen molar-refractivity contribution in [2.45, 2.75) is 38.6 Å². The highest BCUT2D eigenvalue weighted by atomic mass is 16.1. The van der Waals surface area contributed by atoms with E-state index in [4.69, 9.17) is 6.42 Å². The Morgan fingerprint density at radius 2 is 2.42 bits per heavy atom. The highest BCUT2D eigenvalue weighted by Crippen LogP contribution is 2.27. The van der Waals surface area contributed by atoms with Gasteiger partial charge in [-0.1, -0.05) is 19.8 Å². The monoisotopic (exact) mass is 165 g/mol. The number of nitrogens with one attached hydrogen (secondary N) is 1. The topological polar surface area (TPSA) is 29.1 Å². The zero-order valence-corrected chi connectivity index (χ0v) is 7.47. The van der Waals surface area contributed by atoms with Crippen LogP contribution in [0.2, 0.25) is 0 Å². The van der Waals surface area contributed by atoms with Crippen molar-refractivity contribution < 1.29 is 4.79 Å². The van der Waals surface area contributed by atoms with Gasteiger partial charge in [0, 0.05) is 6.04 Å². The molecule has 0 aromatic heterocycles. The zero-order valence-electron chi connectivity index (χ0n) is 7.47. The van der Waals surface area contributed by atoms with Crippen LogP contribution in [0.5, 0.6) is 0 Å². The number of rotatable bonds is 2. The molecular formula is C10H15NO. The first-order valence-electron chi connectivity index (χ1n) is 4.55. The second kappa shape index (κ2) is 4.15. The van der Waals surface area contributed by atoms with Crippen molar-refractivity contribution in [3.05, 3.63) is 0 Å². The lowest BCUT2D eigenvalue weighted by Crippen LogP contribution is -2.36. The van der Waals surface area contributed by atoms with Gasteiger partial charge in [-0.05, 0) is 24.7 Å². The summed E-state index contributed by atoms with van der Waals surface area (Å²) >= 11 is 0. The van der Waals surface area contributed by atoms with E-state index in [-0.39, 0.29) is 5.91 Å². The van der Waals surface area contributed by atoms with Gasteiger partial charge >= 0.3 is 0 Å². The van der Waals surface area contributed by atoms with Crippen LogP contribution in [0.25, 0.3) is 0 Å². The predicted molar refractivity (Wildman–Crippen MR) is 48.4 cm³/mol. The van der Waals surface area contributed by atoms with Crippen LogP contribution in [0.4, 0.5) is 0 Å². The number of amides is 1. The molecule has 1 aliphatic carbocycles. The standard InChI is InChI=1S/C10H15NO/c1-3-8-6-5-7-9(8)11-10(12)4-2/h2,8-9H,3,5-7H2,1H3,(H,11,12). The van der Waals surface area contributed by atoms with Crippen molar-refractivity contribution in [3.8, 4) is 12.3 Å². The quantitative estimate of drug-likeness (QED) is 0.614. The van der Waals surface area contributed by atoms with Gasteiger partial charge in [-0.25, -0.2) is 0 Å². The van der Waals surface area contributed by atoms with E-state index in [2.05, 4.69) is 18.2 Å². The van der Waals surface area contributed by atoms with Crippen LogP contribution < -0.4 is 5.32 Å². The maximum absolute atomic E-state index is 10.9. The molecule has 12 heavy (non-hydrogen) atoms. The van der Waals surface area contributed by atoms with Gasteiger partial charge in [-0.15, -0.1) is 6.42 Å². The zero-order chi connectivity index (χ0) is 8.97. The van der Waals surface area contributed by atoms with Gasteiger partial charge in [-0.2, -0.15) is 0 Å². The fourth-order valence-electron chi connectivity index (χ4n) is 1.93. The molecule has 2 nitrogen and oxygen atoms in total. The maximum atomic E-state index is 10.9. The van der Waals surface area contributed by atoms with Crippen LogP contribution in [-0.4, -0.2) is 11.9 Å². The largest absolute Gasteiger partial charge is 0.342 e. The SMILES string of the molecule is C#CC(=O)NC1CCCC1CC. The lowest BCUT2D eigenvalue weighted by Gasteiger charge is -2.17. The summed E-state index contributed by atoms with van der Waals surface area (Å²) in [5, 5.41) is 2.85. The van der Waals surface area contributed by atoms with Gasteiger partial charge in [0.2, 0.25) is 0 Å². The first-order valence-corrected chi connectivity index (χ1v) is 4.55. The average molecular weight is 165 g/mol. The van der Waals surface area contributed by atoms with Crippen LogP contribution >= 0.6 is 0 Å². The Kier molecular flexibility index (Phi) is 3.16. The van der Waals surface area contributed by atoms with Gasteiger partial charge in [0.1, 0.15) is 0 Å². The summed E-state index contributed by atoms with van der Waals surface area (Å²) in [5.74, 6) is 2.46. The van der Waals surface area contributed by atoms with E-state index in [0.717, 1.165) is 12.8 Å². The van der Waals surface area contributed by atoms with E-state index < -0.39 is 0 Å². The van der Waals surface area contributed by atoms with Crippen molar-refractivity contribution in [2.24, 2.45) is 5.92 Å².